The summed E-state index contributed by atoms with van der Waals surface area (Å²) in [7, 11) is -2.91. The molecule has 1 heterocycles. The van der Waals surface area contributed by atoms with Crippen LogP contribution >= 0.6 is 11.6 Å². The second-order valence-corrected chi connectivity index (χ2v) is 7.74. The number of nitrogens with zero attached hydrogens (tertiary/aromatic N) is 1. The van der Waals surface area contributed by atoms with E-state index in [-0.39, 0.29) is 11.0 Å². The van der Waals surface area contributed by atoms with Gasteiger partial charge in [-0.1, -0.05) is 6.42 Å². The zero-order valence-electron chi connectivity index (χ0n) is 10.2. The standard InChI is InChI=1S/C11H22ClNO2S/c1-10(2)16(14,15)8-7-13-6-4-3-5-11(13)9-12/h10-11H,3-9H2,1-2H3. The van der Waals surface area contributed by atoms with Crippen LogP contribution in [0.15, 0.2) is 0 Å². The van der Waals surface area contributed by atoms with Crippen molar-refractivity contribution < 1.29 is 8.42 Å². The van der Waals surface area contributed by atoms with Crippen molar-refractivity contribution in [2.75, 3.05) is 24.7 Å². The van der Waals surface area contributed by atoms with Crippen LogP contribution in [0.5, 0.6) is 0 Å². The first kappa shape index (κ1) is 14.3. The lowest BCUT2D eigenvalue weighted by molar-refractivity contribution is 0.173. The number of hydrogen-bond acceptors (Lipinski definition) is 3. The Hall–Kier alpha value is 0.200. The maximum atomic E-state index is 11.7. The highest BCUT2D eigenvalue weighted by molar-refractivity contribution is 7.92. The lowest BCUT2D eigenvalue weighted by Gasteiger charge is -2.34. The minimum Gasteiger partial charge on any atom is -0.298 e. The largest absolute Gasteiger partial charge is 0.298 e. The Kier molecular flexibility index (Phi) is 5.54. The summed E-state index contributed by atoms with van der Waals surface area (Å²) < 4.78 is 23.4. The Morgan fingerprint density at radius 3 is 2.62 bits per heavy atom. The SMILES string of the molecule is CC(C)S(=O)(=O)CCN1CCCCC1CCl. The molecule has 0 radical (unpaired) electrons. The highest BCUT2D eigenvalue weighted by Gasteiger charge is 2.24. The van der Waals surface area contributed by atoms with E-state index >= 15 is 0 Å². The third-order valence-corrected chi connectivity index (χ3v) is 5.85. The molecule has 0 aromatic heterocycles. The van der Waals surface area contributed by atoms with Crippen molar-refractivity contribution >= 4 is 21.4 Å². The van der Waals surface area contributed by atoms with E-state index in [4.69, 9.17) is 11.6 Å². The van der Waals surface area contributed by atoms with Gasteiger partial charge in [0.15, 0.2) is 9.84 Å². The molecule has 1 aliphatic heterocycles. The molecule has 0 bridgehead atoms. The molecule has 1 saturated heterocycles. The number of halogens is 1. The molecule has 1 rings (SSSR count). The Morgan fingerprint density at radius 2 is 2.06 bits per heavy atom. The Balaban J connectivity index is 2.47. The molecule has 0 N–H and O–H groups in total. The Bertz CT molecular complexity index is 303. The number of likely N-dealkylation sites (tertiary alicyclic amines) is 1. The van der Waals surface area contributed by atoms with Crippen LogP contribution in [0.4, 0.5) is 0 Å². The molecule has 0 aliphatic carbocycles. The first-order chi connectivity index (χ1) is 7.47. The van der Waals surface area contributed by atoms with Crippen LogP contribution in [0.1, 0.15) is 33.1 Å². The van der Waals surface area contributed by atoms with Crippen molar-refractivity contribution in [3.8, 4) is 0 Å². The van der Waals surface area contributed by atoms with Crippen molar-refractivity contribution in [3.63, 3.8) is 0 Å². The zero-order chi connectivity index (χ0) is 12.2. The third-order valence-electron chi connectivity index (χ3n) is 3.31. The van der Waals surface area contributed by atoms with E-state index in [0.717, 1.165) is 19.4 Å². The van der Waals surface area contributed by atoms with Gasteiger partial charge in [-0.25, -0.2) is 8.42 Å². The van der Waals surface area contributed by atoms with Gasteiger partial charge in [0.2, 0.25) is 0 Å². The lowest BCUT2D eigenvalue weighted by atomic mass is 10.0. The topological polar surface area (TPSA) is 37.4 Å². The first-order valence-electron chi connectivity index (χ1n) is 5.99. The van der Waals surface area contributed by atoms with Gasteiger partial charge in [-0.15, -0.1) is 11.6 Å². The van der Waals surface area contributed by atoms with E-state index in [0.29, 0.717) is 18.5 Å². The monoisotopic (exact) mass is 267 g/mol. The van der Waals surface area contributed by atoms with Crippen LogP contribution < -0.4 is 0 Å². The van der Waals surface area contributed by atoms with Crippen molar-refractivity contribution in [2.45, 2.75) is 44.4 Å². The summed E-state index contributed by atoms with van der Waals surface area (Å²) in [4.78, 5) is 2.23. The van der Waals surface area contributed by atoms with E-state index in [2.05, 4.69) is 4.90 Å². The van der Waals surface area contributed by atoms with Crippen LogP contribution in [0.2, 0.25) is 0 Å². The molecular weight excluding hydrogens is 246 g/mol. The average Bonchev–Trinajstić information content (AvgIpc) is 2.26. The molecule has 0 spiro atoms. The molecule has 3 nitrogen and oxygen atoms in total. The summed E-state index contributed by atoms with van der Waals surface area (Å²) in [6.07, 6.45) is 3.48. The fraction of sp³-hybridized carbons (Fsp3) is 1.00. The predicted octanol–water partition coefficient (Wildman–Crippen LogP) is 1.90. The minimum absolute atomic E-state index is 0.262. The molecule has 0 aromatic carbocycles. The van der Waals surface area contributed by atoms with Gasteiger partial charge in [-0.05, 0) is 33.2 Å². The molecule has 0 amide bonds. The van der Waals surface area contributed by atoms with Crippen LogP contribution in [0, 0.1) is 0 Å². The van der Waals surface area contributed by atoms with Gasteiger partial charge < -0.3 is 0 Å². The summed E-state index contributed by atoms with van der Waals surface area (Å²) in [6, 6.07) is 0.373. The summed E-state index contributed by atoms with van der Waals surface area (Å²) in [5, 5.41) is -0.272. The molecule has 5 heteroatoms. The molecule has 96 valence electrons. The summed E-state index contributed by atoms with van der Waals surface area (Å²) in [5.41, 5.74) is 0. The third kappa shape index (κ3) is 3.90. The number of alkyl halides is 1. The molecular formula is C11H22ClNO2S. The van der Waals surface area contributed by atoms with Crippen molar-refractivity contribution in [2.24, 2.45) is 0 Å². The second-order valence-electron chi connectivity index (χ2n) is 4.76. The zero-order valence-corrected chi connectivity index (χ0v) is 11.7. The number of rotatable bonds is 5. The molecule has 1 aliphatic rings. The van der Waals surface area contributed by atoms with Crippen LogP contribution in [-0.2, 0) is 9.84 Å². The molecule has 0 aromatic rings. The van der Waals surface area contributed by atoms with Gasteiger partial charge in [0, 0.05) is 18.5 Å². The van der Waals surface area contributed by atoms with Crippen LogP contribution in [0.3, 0.4) is 0 Å². The summed E-state index contributed by atoms with van der Waals surface area (Å²) in [5.74, 6) is 0.875. The molecule has 0 saturated carbocycles. The smallest absolute Gasteiger partial charge is 0.153 e. The van der Waals surface area contributed by atoms with E-state index in [1.54, 1.807) is 13.8 Å². The molecule has 1 unspecified atom stereocenters. The van der Waals surface area contributed by atoms with E-state index in [1.165, 1.54) is 6.42 Å². The van der Waals surface area contributed by atoms with Gasteiger partial charge in [-0.2, -0.15) is 0 Å². The van der Waals surface area contributed by atoms with Crippen LogP contribution in [0.25, 0.3) is 0 Å². The maximum absolute atomic E-state index is 11.7. The quantitative estimate of drug-likeness (QED) is 0.714. The van der Waals surface area contributed by atoms with E-state index in [9.17, 15) is 8.42 Å². The normalized spacial score (nSPS) is 23.9. The summed E-state index contributed by atoms with van der Waals surface area (Å²) in [6.45, 7) is 5.11. The number of sulfone groups is 1. The van der Waals surface area contributed by atoms with Crippen LogP contribution in [-0.4, -0.2) is 49.3 Å². The lowest BCUT2D eigenvalue weighted by Crippen LogP contribution is -2.43. The van der Waals surface area contributed by atoms with Gasteiger partial charge in [0.05, 0.1) is 11.0 Å². The van der Waals surface area contributed by atoms with Crippen molar-refractivity contribution in [3.05, 3.63) is 0 Å². The van der Waals surface area contributed by atoms with E-state index < -0.39 is 9.84 Å². The molecule has 1 atom stereocenters. The Morgan fingerprint density at radius 1 is 1.38 bits per heavy atom. The molecule has 1 fully saturated rings. The van der Waals surface area contributed by atoms with Crippen molar-refractivity contribution in [1.29, 1.82) is 0 Å². The van der Waals surface area contributed by atoms with Crippen molar-refractivity contribution in [1.82, 2.24) is 4.90 Å². The number of hydrogen-bond donors (Lipinski definition) is 0. The van der Waals surface area contributed by atoms with Gasteiger partial charge in [0.25, 0.3) is 0 Å². The predicted molar refractivity (Wildman–Crippen MR) is 68.9 cm³/mol. The highest BCUT2D eigenvalue weighted by Crippen LogP contribution is 2.18. The summed E-state index contributed by atoms with van der Waals surface area (Å²) >= 11 is 5.90. The second kappa shape index (κ2) is 6.22. The van der Waals surface area contributed by atoms with E-state index in [1.807, 2.05) is 0 Å². The maximum Gasteiger partial charge on any atom is 0.153 e. The van der Waals surface area contributed by atoms with Gasteiger partial charge in [-0.3, -0.25) is 4.90 Å². The molecule has 16 heavy (non-hydrogen) atoms. The Labute approximate surface area is 104 Å². The number of piperidine rings is 1. The fourth-order valence-corrected chi connectivity index (χ4v) is 3.32. The average molecular weight is 268 g/mol. The fourth-order valence-electron chi connectivity index (χ4n) is 2.01. The highest BCUT2D eigenvalue weighted by atomic mass is 35.5. The van der Waals surface area contributed by atoms with Gasteiger partial charge >= 0.3 is 0 Å². The van der Waals surface area contributed by atoms with Gasteiger partial charge in [0.1, 0.15) is 0 Å². The first-order valence-corrected chi connectivity index (χ1v) is 8.24. The minimum atomic E-state index is -2.91.